The summed E-state index contributed by atoms with van der Waals surface area (Å²) >= 11 is 3.40. The van der Waals surface area contributed by atoms with Crippen molar-refractivity contribution in [2.75, 3.05) is 37.4 Å². The van der Waals surface area contributed by atoms with Crippen LogP contribution in [0.5, 0.6) is 5.75 Å². The predicted molar refractivity (Wildman–Crippen MR) is 106 cm³/mol. The number of anilines is 2. The summed E-state index contributed by atoms with van der Waals surface area (Å²) in [4.78, 5) is 25.4. The second-order valence-electron chi connectivity index (χ2n) is 5.77. The SMILES string of the molecule is CC[NH+](CC(=O)Nc1cccc(OC)c1)CC(=O)Nc1ccccc1Br. The summed E-state index contributed by atoms with van der Waals surface area (Å²) in [6, 6.07) is 14.6. The molecule has 2 aromatic carbocycles. The number of methoxy groups -OCH3 is 1. The first-order chi connectivity index (χ1) is 12.5. The number of nitrogens with one attached hydrogen (secondary N) is 3. The van der Waals surface area contributed by atoms with Gasteiger partial charge >= 0.3 is 0 Å². The van der Waals surface area contributed by atoms with Crippen molar-refractivity contribution in [1.82, 2.24) is 0 Å². The summed E-state index contributed by atoms with van der Waals surface area (Å²) < 4.78 is 5.97. The molecule has 26 heavy (non-hydrogen) atoms. The molecule has 0 aliphatic carbocycles. The number of quaternary nitrogens is 1. The number of hydrogen-bond donors (Lipinski definition) is 3. The molecule has 0 fully saturated rings. The number of likely N-dealkylation sites (N-methyl/N-ethyl adjacent to an activating group) is 1. The molecule has 0 bridgehead atoms. The number of hydrogen-bond acceptors (Lipinski definition) is 3. The molecule has 0 saturated heterocycles. The van der Waals surface area contributed by atoms with Gasteiger partial charge in [-0.2, -0.15) is 0 Å². The van der Waals surface area contributed by atoms with Crippen LogP contribution < -0.4 is 20.3 Å². The van der Waals surface area contributed by atoms with Crippen molar-refractivity contribution < 1.29 is 19.2 Å². The Morgan fingerprint density at radius 1 is 1.04 bits per heavy atom. The van der Waals surface area contributed by atoms with Crippen LogP contribution in [0.4, 0.5) is 11.4 Å². The first kappa shape index (κ1) is 19.9. The first-order valence-corrected chi connectivity index (χ1v) is 9.13. The maximum atomic E-state index is 12.3. The van der Waals surface area contributed by atoms with Crippen LogP contribution in [0, 0.1) is 0 Å². The average Bonchev–Trinajstić information content (AvgIpc) is 2.63. The van der Waals surface area contributed by atoms with Gasteiger partial charge in [-0.1, -0.05) is 18.2 Å². The van der Waals surface area contributed by atoms with Crippen LogP contribution in [0.25, 0.3) is 0 Å². The third-order valence-corrected chi connectivity index (χ3v) is 4.51. The largest absolute Gasteiger partial charge is 0.497 e. The van der Waals surface area contributed by atoms with Crippen molar-refractivity contribution in [3.05, 3.63) is 53.0 Å². The monoisotopic (exact) mass is 420 g/mol. The summed E-state index contributed by atoms with van der Waals surface area (Å²) in [5.41, 5.74) is 1.39. The molecule has 7 heteroatoms. The summed E-state index contributed by atoms with van der Waals surface area (Å²) in [5, 5.41) is 5.69. The van der Waals surface area contributed by atoms with Crippen molar-refractivity contribution in [3.8, 4) is 5.75 Å². The van der Waals surface area contributed by atoms with Crippen LogP contribution in [-0.4, -0.2) is 38.6 Å². The van der Waals surface area contributed by atoms with E-state index in [4.69, 9.17) is 4.74 Å². The van der Waals surface area contributed by atoms with Gasteiger partial charge in [0.2, 0.25) is 0 Å². The molecule has 0 aliphatic heterocycles. The molecule has 1 unspecified atom stereocenters. The van der Waals surface area contributed by atoms with Crippen molar-refractivity contribution in [3.63, 3.8) is 0 Å². The molecule has 0 saturated carbocycles. The van der Waals surface area contributed by atoms with E-state index in [1.807, 2.05) is 43.3 Å². The van der Waals surface area contributed by atoms with E-state index >= 15 is 0 Å². The summed E-state index contributed by atoms with van der Waals surface area (Å²) in [7, 11) is 1.58. The second kappa shape index (κ2) is 9.94. The fourth-order valence-corrected chi connectivity index (χ4v) is 2.81. The lowest BCUT2D eigenvalue weighted by Crippen LogP contribution is -3.13. The highest BCUT2D eigenvalue weighted by Crippen LogP contribution is 2.20. The second-order valence-corrected chi connectivity index (χ2v) is 6.62. The number of carbonyl (C=O) groups excluding carboxylic acids is 2. The summed E-state index contributed by atoms with van der Waals surface area (Å²) in [6.07, 6.45) is 0. The molecule has 0 radical (unpaired) electrons. The van der Waals surface area contributed by atoms with E-state index in [1.54, 1.807) is 19.2 Å². The molecule has 2 rings (SSSR count). The maximum Gasteiger partial charge on any atom is 0.279 e. The Morgan fingerprint density at radius 3 is 2.38 bits per heavy atom. The zero-order valence-electron chi connectivity index (χ0n) is 14.8. The summed E-state index contributed by atoms with van der Waals surface area (Å²) in [5.74, 6) is 0.391. The highest BCUT2D eigenvalue weighted by molar-refractivity contribution is 9.10. The molecule has 1 atom stereocenters. The van der Waals surface area contributed by atoms with Crippen LogP contribution in [0.1, 0.15) is 6.92 Å². The minimum Gasteiger partial charge on any atom is -0.497 e. The first-order valence-electron chi connectivity index (χ1n) is 8.33. The molecular formula is C19H23BrN3O3+. The Bertz CT molecular complexity index is 767. The summed E-state index contributed by atoms with van der Waals surface area (Å²) in [6.45, 7) is 3.02. The Hall–Kier alpha value is -2.38. The molecule has 138 valence electrons. The molecular weight excluding hydrogens is 398 g/mol. The minimum absolute atomic E-state index is 0.136. The minimum atomic E-state index is -0.149. The molecule has 0 aliphatic rings. The zero-order valence-corrected chi connectivity index (χ0v) is 16.4. The number of carbonyl (C=O) groups is 2. The maximum absolute atomic E-state index is 12.3. The lowest BCUT2D eigenvalue weighted by Gasteiger charge is -2.17. The smallest absolute Gasteiger partial charge is 0.279 e. The van der Waals surface area contributed by atoms with Crippen molar-refractivity contribution in [2.45, 2.75) is 6.92 Å². The quantitative estimate of drug-likeness (QED) is 0.610. The Morgan fingerprint density at radius 2 is 1.73 bits per heavy atom. The number of benzene rings is 2. The number of rotatable bonds is 8. The standard InChI is InChI=1S/C19H22BrN3O3/c1-3-23(13-19(25)22-17-10-5-4-9-16(17)20)12-18(24)21-14-7-6-8-15(11-14)26-2/h4-11H,3,12-13H2,1-2H3,(H,21,24)(H,22,25)/p+1. The highest BCUT2D eigenvalue weighted by Gasteiger charge is 2.17. The lowest BCUT2D eigenvalue weighted by atomic mass is 10.3. The van der Waals surface area contributed by atoms with Gasteiger partial charge in [-0.15, -0.1) is 0 Å². The van der Waals surface area contributed by atoms with Crippen molar-refractivity contribution >= 4 is 39.1 Å². The van der Waals surface area contributed by atoms with E-state index in [9.17, 15) is 9.59 Å². The van der Waals surface area contributed by atoms with Crippen LogP contribution >= 0.6 is 15.9 Å². The number of halogens is 1. The van der Waals surface area contributed by atoms with Gasteiger partial charge in [-0.3, -0.25) is 9.59 Å². The normalized spacial score (nSPS) is 11.5. The van der Waals surface area contributed by atoms with Crippen molar-refractivity contribution in [2.24, 2.45) is 0 Å². The van der Waals surface area contributed by atoms with E-state index in [0.29, 0.717) is 23.7 Å². The van der Waals surface area contributed by atoms with Crippen molar-refractivity contribution in [1.29, 1.82) is 0 Å². The Kier molecular flexibility index (Phi) is 7.62. The number of para-hydroxylation sites is 1. The molecule has 0 heterocycles. The molecule has 6 nitrogen and oxygen atoms in total. The molecule has 3 N–H and O–H groups in total. The third-order valence-electron chi connectivity index (χ3n) is 3.82. The fraction of sp³-hybridized carbons (Fsp3) is 0.263. The molecule has 0 aromatic heterocycles. The molecule has 0 spiro atoms. The van der Waals surface area contributed by atoms with Gasteiger partial charge < -0.3 is 20.3 Å². The van der Waals surface area contributed by atoms with Gasteiger partial charge in [0.1, 0.15) is 5.75 Å². The number of amides is 2. The van der Waals surface area contributed by atoms with Crippen LogP contribution in [0.2, 0.25) is 0 Å². The van der Waals surface area contributed by atoms with E-state index in [-0.39, 0.29) is 24.9 Å². The van der Waals surface area contributed by atoms with Gasteiger partial charge in [0, 0.05) is 16.2 Å². The third kappa shape index (κ3) is 6.16. The highest BCUT2D eigenvalue weighted by atomic mass is 79.9. The topological polar surface area (TPSA) is 71.9 Å². The van der Waals surface area contributed by atoms with Gasteiger partial charge in [0.25, 0.3) is 11.8 Å². The predicted octanol–water partition coefficient (Wildman–Crippen LogP) is 1.94. The van der Waals surface area contributed by atoms with Crippen LogP contribution in [-0.2, 0) is 9.59 Å². The van der Waals surface area contributed by atoms with Gasteiger partial charge in [-0.05, 0) is 47.1 Å². The average molecular weight is 421 g/mol. The molecule has 2 amide bonds. The molecule has 2 aromatic rings. The van der Waals surface area contributed by atoms with Gasteiger partial charge in [0.05, 0.1) is 19.3 Å². The Balaban J connectivity index is 1.88. The lowest BCUT2D eigenvalue weighted by molar-refractivity contribution is -0.881. The van der Waals surface area contributed by atoms with E-state index < -0.39 is 0 Å². The fourth-order valence-electron chi connectivity index (χ4n) is 2.43. The van der Waals surface area contributed by atoms with E-state index in [1.165, 1.54) is 0 Å². The zero-order chi connectivity index (χ0) is 18.9. The Labute approximate surface area is 161 Å². The van der Waals surface area contributed by atoms with Gasteiger partial charge in [0.15, 0.2) is 13.1 Å². The van der Waals surface area contributed by atoms with E-state index in [0.717, 1.165) is 9.37 Å². The van der Waals surface area contributed by atoms with Crippen LogP contribution in [0.3, 0.4) is 0 Å². The van der Waals surface area contributed by atoms with E-state index in [2.05, 4.69) is 26.6 Å². The number of ether oxygens (including phenoxy) is 1. The van der Waals surface area contributed by atoms with Crippen LogP contribution in [0.15, 0.2) is 53.0 Å². The van der Waals surface area contributed by atoms with Gasteiger partial charge in [-0.25, -0.2) is 0 Å².